The summed E-state index contributed by atoms with van der Waals surface area (Å²) >= 11 is 0. The van der Waals surface area contributed by atoms with Gasteiger partial charge in [-0.05, 0) is 30.7 Å². The number of aliphatic hydroxyl groups is 1. The van der Waals surface area contributed by atoms with Crippen LogP contribution in [0, 0.1) is 5.41 Å². The Hall–Kier alpha value is -0.860. The molecule has 1 aliphatic carbocycles. The van der Waals surface area contributed by atoms with Gasteiger partial charge in [-0.3, -0.25) is 4.90 Å². The highest BCUT2D eigenvalue weighted by Gasteiger charge is 2.49. The molecule has 0 bridgehead atoms. The van der Waals surface area contributed by atoms with E-state index >= 15 is 0 Å². The number of hydrogen-bond donors (Lipinski definition) is 1. The Morgan fingerprint density at radius 1 is 1.11 bits per heavy atom. The molecule has 2 nitrogen and oxygen atoms in total. The molecular weight excluding hydrogens is 234 g/mol. The minimum Gasteiger partial charge on any atom is -0.394 e. The highest BCUT2D eigenvalue weighted by atomic mass is 16.3. The maximum atomic E-state index is 9.92. The topological polar surface area (TPSA) is 23.5 Å². The van der Waals surface area contributed by atoms with Crippen LogP contribution in [0.15, 0.2) is 30.3 Å². The van der Waals surface area contributed by atoms with Crippen molar-refractivity contribution in [2.75, 3.05) is 19.7 Å². The van der Waals surface area contributed by atoms with Crippen molar-refractivity contribution in [2.24, 2.45) is 5.41 Å². The molecule has 1 heterocycles. The van der Waals surface area contributed by atoms with Crippen LogP contribution in [0.1, 0.15) is 44.6 Å². The lowest BCUT2D eigenvalue weighted by Gasteiger charge is -2.58. The van der Waals surface area contributed by atoms with Gasteiger partial charge in [0.15, 0.2) is 0 Å². The molecule has 1 unspecified atom stereocenters. The molecule has 0 aromatic heterocycles. The highest BCUT2D eigenvalue weighted by Crippen LogP contribution is 2.48. The van der Waals surface area contributed by atoms with Gasteiger partial charge in [0.2, 0.25) is 0 Å². The van der Waals surface area contributed by atoms with Gasteiger partial charge in [0.25, 0.3) is 0 Å². The van der Waals surface area contributed by atoms with Crippen LogP contribution < -0.4 is 0 Å². The molecule has 1 aliphatic heterocycles. The van der Waals surface area contributed by atoms with Crippen LogP contribution in [0.3, 0.4) is 0 Å². The summed E-state index contributed by atoms with van der Waals surface area (Å²) in [5, 5.41) is 9.92. The lowest BCUT2D eigenvalue weighted by atomic mass is 9.66. The fourth-order valence-electron chi connectivity index (χ4n) is 3.90. The third-order valence-electron chi connectivity index (χ3n) is 5.37. The Morgan fingerprint density at radius 2 is 1.74 bits per heavy atom. The van der Waals surface area contributed by atoms with Crippen molar-refractivity contribution < 1.29 is 5.11 Å². The van der Waals surface area contributed by atoms with Crippen molar-refractivity contribution in [3.8, 4) is 0 Å². The van der Waals surface area contributed by atoms with E-state index in [1.807, 2.05) is 6.07 Å². The Kier molecular flexibility index (Phi) is 3.40. The minimum absolute atomic E-state index is 0.201. The number of aliphatic hydroxyl groups excluding tert-OH is 1. The Bertz CT molecular complexity index is 416. The second-order valence-electron chi connectivity index (χ2n) is 6.71. The van der Waals surface area contributed by atoms with Crippen molar-refractivity contribution in [2.45, 2.75) is 44.6 Å². The molecule has 1 spiro atoms. The third-order valence-corrected chi connectivity index (χ3v) is 5.37. The smallest absolute Gasteiger partial charge is 0.0665 e. The quantitative estimate of drug-likeness (QED) is 0.901. The van der Waals surface area contributed by atoms with E-state index in [1.165, 1.54) is 50.8 Å². The fourth-order valence-corrected chi connectivity index (χ4v) is 3.90. The average molecular weight is 259 g/mol. The highest BCUT2D eigenvalue weighted by molar-refractivity contribution is 5.25. The monoisotopic (exact) mass is 259 g/mol. The molecule has 1 aromatic rings. The van der Waals surface area contributed by atoms with Gasteiger partial charge in [0.05, 0.1) is 12.1 Å². The first-order valence-corrected chi connectivity index (χ1v) is 7.60. The van der Waals surface area contributed by atoms with Crippen LogP contribution in [0.4, 0.5) is 0 Å². The van der Waals surface area contributed by atoms with E-state index in [1.54, 1.807) is 0 Å². The maximum Gasteiger partial charge on any atom is 0.0665 e. The molecule has 0 radical (unpaired) electrons. The van der Waals surface area contributed by atoms with E-state index in [-0.39, 0.29) is 12.1 Å². The summed E-state index contributed by atoms with van der Waals surface area (Å²) in [4.78, 5) is 2.48. The second kappa shape index (κ2) is 4.92. The molecule has 104 valence electrons. The molecule has 1 N–H and O–H groups in total. The van der Waals surface area contributed by atoms with Gasteiger partial charge in [-0.1, -0.05) is 49.6 Å². The number of rotatable bonds is 3. The van der Waals surface area contributed by atoms with Crippen LogP contribution in [0.2, 0.25) is 0 Å². The number of benzene rings is 1. The van der Waals surface area contributed by atoms with Crippen molar-refractivity contribution in [1.82, 2.24) is 4.90 Å². The molecule has 0 amide bonds. The summed E-state index contributed by atoms with van der Waals surface area (Å²) in [5.41, 5.74) is 1.61. The zero-order valence-electron chi connectivity index (χ0n) is 11.9. The van der Waals surface area contributed by atoms with E-state index in [4.69, 9.17) is 0 Å². The summed E-state index contributed by atoms with van der Waals surface area (Å²) in [5.74, 6) is 0. The summed E-state index contributed by atoms with van der Waals surface area (Å²) in [6.07, 6.45) is 6.99. The molecule has 1 atom stereocenters. The van der Waals surface area contributed by atoms with Crippen molar-refractivity contribution >= 4 is 0 Å². The molecule has 19 heavy (non-hydrogen) atoms. The van der Waals surface area contributed by atoms with Crippen LogP contribution in [0.25, 0.3) is 0 Å². The van der Waals surface area contributed by atoms with E-state index in [0.29, 0.717) is 5.41 Å². The normalized spacial score (nSPS) is 25.8. The average Bonchev–Trinajstić information content (AvgIpc) is 2.46. The van der Waals surface area contributed by atoms with Gasteiger partial charge in [-0.2, -0.15) is 0 Å². The predicted octanol–water partition coefficient (Wildman–Crippen LogP) is 3.16. The van der Waals surface area contributed by atoms with Gasteiger partial charge >= 0.3 is 0 Å². The standard InChI is InChI=1S/C17H25NO/c1-16(14-19,15-8-4-2-5-9-15)18-12-17(13-18)10-6-3-7-11-17/h2,4-5,8-9,19H,3,6-7,10-14H2,1H3. The van der Waals surface area contributed by atoms with Crippen molar-refractivity contribution in [3.63, 3.8) is 0 Å². The van der Waals surface area contributed by atoms with Gasteiger partial charge in [0.1, 0.15) is 0 Å². The lowest BCUT2D eigenvalue weighted by molar-refractivity contribution is -0.109. The summed E-state index contributed by atoms with van der Waals surface area (Å²) < 4.78 is 0. The number of nitrogens with zero attached hydrogens (tertiary/aromatic N) is 1. The first-order valence-electron chi connectivity index (χ1n) is 7.60. The third kappa shape index (κ3) is 2.21. The summed E-state index contributed by atoms with van der Waals surface area (Å²) in [7, 11) is 0. The first-order chi connectivity index (χ1) is 9.19. The molecule has 1 aromatic carbocycles. The Morgan fingerprint density at radius 3 is 2.32 bits per heavy atom. The second-order valence-corrected chi connectivity index (χ2v) is 6.71. The van der Waals surface area contributed by atoms with E-state index in [2.05, 4.69) is 36.1 Å². The van der Waals surface area contributed by atoms with E-state index < -0.39 is 0 Å². The molecule has 2 aliphatic rings. The first kappa shape index (κ1) is 13.1. The van der Waals surface area contributed by atoms with Gasteiger partial charge in [-0.25, -0.2) is 0 Å². The molecule has 3 rings (SSSR count). The Labute approximate surface area is 116 Å². The lowest BCUT2D eigenvalue weighted by Crippen LogP contribution is -2.64. The molecular formula is C17H25NO. The zero-order chi connectivity index (χ0) is 13.3. The van der Waals surface area contributed by atoms with Gasteiger partial charge < -0.3 is 5.11 Å². The Balaban J connectivity index is 1.74. The molecule has 1 saturated carbocycles. The summed E-state index contributed by atoms with van der Waals surface area (Å²) in [6.45, 7) is 4.71. The van der Waals surface area contributed by atoms with Crippen LogP contribution in [-0.2, 0) is 5.54 Å². The number of likely N-dealkylation sites (tertiary alicyclic amines) is 1. The fraction of sp³-hybridized carbons (Fsp3) is 0.647. The maximum absolute atomic E-state index is 9.92. The predicted molar refractivity (Wildman–Crippen MR) is 78.0 cm³/mol. The van der Waals surface area contributed by atoms with Gasteiger partial charge in [0, 0.05) is 13.1 Å². The van der Waals surface area contributed by atoms with Gasteiger partial charge in [-0.15, -0.1) is 0 Å². The largest absolute Gasteiger partial charge is 0.394 e. The molecule has 2 fully saturated rings. The summed E-state index contributed by atoms with van der Waals surface area (Å²) in [6, 6.07) is 10.5. The van der Waals surface area contributed by atoms with Crippen LogP contribution in [-0.4, -0.2) is 29.7 Å². The van der Waals surface area contributed by atoms with Crippen LogP contribution in [0.5, 0.6) is 0 Å². The number of hydrogen-bond acceptors (Lipinski definition) is 2. The van der Waals surface area contributed by atoms with E-state index in [9.17, 15) is 5.11 Å². The molecule has 1 saturated heterocycles. The SMILES string of the molecule is CC(CO)(c1ccccc1)N1CC2(CCCCC2)C1. The van der Waals surface area contributed by atoms with Crippen molar-refractivity contribution in [1.29, 1.82) is 0 Å². The molecule has 2 heteroatoms. The minimum atomic E-state index is -0.204. The van der Waals surface area contributed by atoms with Crippen LogP contribution >= 0.6 is 0 Å². The van der Waals surface area contributed by atoms with Crippen molar-refractivity contribution in [3.05, 3.63) is 35.9 Å². The zero-order valence-corrected chi connectivity index (χ0v) is 11.9. The van der Waals surface area contributed by atoms with E-state index in [0.717, 1.165) is 0 Å².